The van der Waals surface area contributed by atoms with Gasteiger partial charge in [0, 0.05) is 16.5 Å². The maximum absolute atomic E-state index is 12.6. The minimum Gasteiger partial charge on any atom is -0.298 e. The smallest absolute Gasteiger partial charge is 0.257 e. The molecule has 0 aliphatic rings. The van der Waals surface area contributed by atoms with Gasteiger partial charge < -0.3 is 0 Å². The molecule has 0 spiro atoms. The van der Waals surface area contributed by atoms with Crippen molar-refractivity contribution in [2.24, 2.45) is 0 Å². The number of hydrogen-bond acceptors (Lipinski definition) is 5. The van der Waals surface area contributed by atoms with Crippen LogP contribution in [0, 0.1) is 0 Å². The van der Waals surface area contributed by atoms with E-state index in [1.807, 2.05) is 35.7 Å². The standard InChI is InChI=1S/C22H16N2O3S2/c25-21(24-22-23-20(15-28-22)16-7-3-1-4-8-16)17-11-13-19(14-12-17)29(26,27)18-9-5-2-6-10-18/h1-15H,(H,23,24,25). The first-order valence-corrected chi connectivity index (χ1v) is 11.1. The molecule has 0 aliphatic heterocycles. The Balaban J connectivity index is 1.50. The largest absolute Gasteiger partial charge is 0.298 e. The third-order valence-corrected chi connectivity index (χ3v) is 6.82. The number of anilines is 1. The number of aromatic nitrogens is 1. The Bertz CT molecular complexity index is 1230. The summed E-state index contributed by atoms with van der Waals surface area (Å²) in [5, 5.41) is 5.11. The van der Waals surface area contributed by atoms with Crippen LogP contribution >= 0.6 is 11.3 Å². The second-order valence-electron chi connectivity index (χ2n) is 6.20. The van der Waals surface area contributed by atoms with Crippen LogP contribution in [0.1, 0.15) is 10.4 Å². The first kappa shape index (κ1) is 19.0. The van der Waals surface area contributed by atoms with E-state index in [4.69, 9.17) is 0 Å². The van der Waals surface area contributed by atoms with Gasteiger partial charge in [0.15, 0.2) is 5.13 Å². The number of benzene rings is 3. The fourth-order valence-corrected chi connectivity index (χ4v) is 4.76. The van der Waals surface area contributed by atoms with Crippen molar-refractivity contribution in [2.45, 2.75) is 9.79 Å². The predicted octanol–water partition coefficient (Wildman–Crippen LogP) is 4.90. The fraction of sp³-hybridized carbons (Fsp3) is 0. The number of nitrogens with zero attached hydrogens (tertiary/aromatic N) is 1. The minimum atomic E-state index is -3.61. The van der Waals surface area contributed by atoms with Crippen molar-refractivity contribution in [1.82, 2.24) is 4.98 Å². The number of thiazole rings is 1. The molecule has 0 unspecified atom stereocenters. The number of carbonyl (C=O) groups is 1. The molecule has 144 valence electrons. The first-order valence-electron chi connectivity index (χ1n) is 8.76. The summed E-state index contributed by atoms with van der Waals surface area (Å²) in [6, 6.07) is 23.8. The maximum atomic E-state index is 12.6. The van der Waals surface area contributed by atoms with Crippen molar-refractivity contribution in [3.8, 4) is 11.3 Å². The van der Waals surface area contributed by atoms with E-state index in [9.17, 15) is 13.2 Å². The molecule has 1 heterocycles. The topological polar surface area (TPSA) is 76.1 Å². The maximum Gasteiger partial charge on any atom is 0.257 e. The Labute approximate surface area is 172 Å². The monoisotopic (exact) mass is 420 g/mol. The highest BCUT2D eigenvalue weighted by molar-refractivity contribution is 7.91. The van der Waals surface area contributed by atoms with Crippen molar-refractivity contribution < 1.29 is 13.2 Å². The van der Waals surface area contributed by atoms with Crippen molar-refractivity contribution in [3.63, 3.8) is 0 Å². The zero-order valence-electron chi connectivity index (χ0n) is 15.1. The Hall–Kier alpha value is -3.29. The van der Waals surface area contributed by atoms with Crippen LogP contribution in [-0.2, 0) is 9.84 Å². The van der Waals surface area contributed by atoms with Gasteiger partial charge in [-0.1, -0.05) is 48.5 Å². The molecule has 4 aromatic rings. The lowest BCUT2D eigenvalue weighted by atomic mass is 10.2. The summed E-state index contributed by atoms with van der Waals surface area (Å²) in [5.41, 5.74) is 2.11. The van der Waals surface area contributed by atoms with Crippen LogP contribution in [0.4, 0.5) is 5.13 Å². The molecule has 0 atom stereocenters. The number of nitrogens with one attached hydrogen (secondary N) is 1. The number of rotatable bonds is 5. The van der Waals surface area contributed by atoms with Crippen molar-refractivity contribution >= 4 is 32.2 Å². The van der Waals surface area contributed by atoms with Crippen LogP contribution in [-0.4, -0.2) is 19.3 Å². The number of sulfone groups is 1. The van der Waals surface area contributed by atoms with E-state index in [0.717, 1.165) is 11.3 Å². The Morgan fingerprint density at radius 3 is 2.03 bits per heavy atom. The van der Waals surface area contributed by atoms with E-state index < -0.39 is 9.84 Å². The molecule has 1 aromatic heterocycles. The van der Waals surface area contributed by atoms with Crippen molar-refractivity contribution in [2.75, 3.05) is 5.32 Å². The lowest BCUT2D eigenvalue weighted by molar-refractivity contribution is 0.102. The summed E-state index contributed by atoms with van der Waals surface area (Å²) in [4.78, 5) is 17.3. The van der Waals surface area contributed by atoms with Gasteiger partial charge in [-0.3, -0.25) is 10.1 Å². The molecule has 0 saturated heterocycles. The lowest BCUT2D eigenvalue weighted by Crippen LogP contribution is -2.12. The number of hydrogen-bond donors (Lipinski definition) is 1. The van der Waals surface area contributed by atoms with Crippen LogP contribution in [0.25, 0.3) is 11.3 Å². The van der Waals surface area contributed by atoms with E-state index >= 15 is 0 Å². The Kier molecular flexibility index (Phi) is 5.24. The van der Waals surface area contributed by atoms with E-state index in [0.29, 0.717) is 10.7 Å². The van der Waals surface area contributed by atoms with Gasteiger partial charge in [0.2, 0.25) is 9.84 Å². The van der Waals surface area contributed by atoms with Crippen molar-refractivity contribution in [1.29, 1.82) is 0 Å². The molecule has 5 nitrogen and oxygen atoms in total. The Morgan fingerprint density at radius 2 is 1.38 bits per heavy atom. The number of carbonyl (C=O) groups excluding carboxylic acids is 1. The molecule has 0 bridgehead atoms. The molecule has 1 N–H and O–H groups in total. The zero-order valence-corrected chi connectivity index (χ0v) is 16.8. The molecule has 7 heteroatoms. The molecule has 29 heavy (non-hydrogen) atoms. The van der Waals surface area contributed by atoms with Gasteiger partial charge in [0.05, 0.1) is 15.5 Å². The molecular weight excluding hydrogens is 404 g/mol. The summed E-state index contributed by atoms with van der Waals surface area (Å²) in [6.45, 7) is 0. The highest BCUT2D eigenvalue weighted by atomic mass is 32.2. The quantitative estimate of drug-likeness (QED) is 0.498. The van der Waals surface area contributed by atoms with Gasteiger partial charge in [-0.2, -0.15) is 0 Å². The van der Waals surface area contributed by atoms with E-state index in [-0.39, 0.29) is 15.7 Å². The second-order valence-corrected chi connectivity index (χ2v) is 9.01. The van der Waals surface area contributed by atoms with E-state index in [1.165, 1.54) is 35.6 Å². The summed E-state index contributed by atoms with van der Waals surface area (Å²) in [6.07, 6.45) is 0. The average Bonchev–Trinajstić information content (AvgIpc) is 3.23. The summed E-state index contributed by atoms with van der Waals surface area (Å²) < 4.78 is 25.3. The van der Waals surface area contributed by atoms with Crippen LogP contribution in [0.5, 0.6) is 0 Å². The third kappa shape index (κ3) is 4.11. The third-order valence-electron chi connectivity index (χ3n) is 4.27. The van der Waals surface area contributed by atoms with E-state index in [1.54, 1.807) is 30.3 Å². The van der Waals surface area contributed by atoms with Gasteiger partial charge in [-0.25, -0.2) is 13.4 Å². The van der Waals surface area contributed by atoms with Gasteiger partial charge >= 0.3 is 0 Å². The van der Waals surface area contributed by atoms with Gasteiger partial charge in [-0.15, -0.1) is 11.3 Å². The zero-order chi connectivity index (χ0) is 20.3. The molecule has 1 amide bonds. The minimum absolute atomic E-state index is 0.140. The van der Waals surface area contributed by atoms with E-state index in [2.05, 4.69) is 10.3 Å². The molecule has 3 aromatic carbocycles. The Morgan fingerprint density at radius 1 is 0.793 bits per heavy atom. The normalized spacial score (nSPS) is 11.2. The van der Waals surface area contributed by atoms with Gasteiger partial charge in [0.25, 0.3) is 5.91 Å². The fourth-order valence-electron chi connectivity index (χ4n) is 2.76. The molecule has 0 fully saturated rings. The summed E-state index contributed by atoms with van der Waals surface area (Å²) in [5.74, 6) is -0.345. The molecular formula is C22H16N2O3S2. The second kappa shape index (κ2) is 7.98. The van der Waals surface area contributed by atoms with Crippen LogP contribution < -0.4 is 5.32 Å². The number of amides is 1. The molecule has 0 aliphatic carbocycles. The SMILES string of the molecule is O=C(Nc1nc(-c2ccccc2)cs1)c1ccc(S(=O)(=O)c2ccccc2)cc1. The molecule has 0 saturated carbocycles. The van der Waals surface area contributed by atoms with Gasteiger partial charge in [0.1, 0.15) is 0 Å². The highest BCUT2D eigenvalue weighted by Gasteiger charge is 2.18. The van der Waals surface area contributed by atoms with Crippen LogP contribution in [0.2, 0.25) is 0 Å². The first-order chi connectivity index (χ1) is 14.0. The molecule has 4 rings (SSSR count). The lowest BCUT2D eigenvalue weighted by Gasteiger charge is -2.06. The summed E-state index contributed by atoms with van der Waals surface area (Å²) in [7, 11) is -3.61. The average molecular weight is 421 g/mol. The summed E-state index contributed by atoms with van der Waals surface area (Å²) >= 11 is 1.33. The predicted molar refractivity (Wildman–Crippen MR) is 114 cm³/mol. The van der Waals surface area contributed by atoms with Crippen LogP contribution in [0.3, 0.4) is 0 Å². The van der Waals surface area contributed by atoms with Gasteiger partial charge in [-0.05, 0) is 36.4 Å². The molecule has 0 radical (unpaired) electrons. The van der Waals surface area contributed by atoms with Crippen LogP contribution in [0.15, 0.2) is 100 Å². The highest BCUT2D eigenvalue weighted by Crippen LogP contribution is 2.25. The van der Waals surface area contributed by atoms with Crippen molar-refractivity contribution in [3.05, 3.63) is 95.9 Å².